The third-order valence-electron chi connectivity index (χ3n) is 3.95. The molecule has 0 aliphatic carbocycles. The summed E-state index contributed by atoms with van der Waals surface area (Å²) in [5.74, 6) is -0.209. The van der Waals surface area contributed by atoms with Crippen LogP contribution < -0.4 is 0 Å². The number of thiophene rings is 1. The molecule has 1 aliphatic heterocycles. The number of likely N-dealkylation sites (tertiary alicyclic amines) is 1. The van der Waals surface area contributed by atoms with E-state index in [9.17, 15) is 4.79 Å². The fourth-order valence-electron chi connectivity index (χ4n) is 2.71. The lowest BCUT2D eigenvalue weighted by molar-refractivity contribution is 0.00948. The Morgan fingerprint density at radius 3 is 2.81 bits per heavy atom. The number of ether oxygens (including phenoxy) is 1. The number of nitrogens with zero attached hydrogens (tertiary/aromatic N) is 2. The first-order chi connectivity index (χ1) is 10.2. The summed E-state index contributed by atoms with van der Waals surface area (Å²) < 4.78 is 7.42. The molecule has 0 unspecified atom stereocenters. The van der Waals surface area contributed by atoms with Gasteiger partial charge in [-0.1, -0.05) is 0 Å². The second kappa shape index (κ2) is 6.45. The van der Waals surface area contributed by atoms with Crippen LogP contribution in [-0.4, -0.2) is 34.6 Å². The number of esters is 1. The van der Waals surface area contributed by atoms with E-state index in [0.29, 0.717) is 5.69 Å². The first kappa shape index (κ1) is 14.4. The van der Waals surface area contributed by atoms with Crippen molar-refractivity contribution in [3.8, 4) is 0 Å². The van der Waals surface area contributed by atoms with E-state index in [4.69, 9.17) is 4.74 Å². The van der Waals surface area contributed by atoms with E-state index in [2.05, 4.69) is 21.7 Å². The van der Waals surface area contributed by atoms with Gasteiger partial charge in [-0.2, -0.15) is 11.3 Å². The fraction of sp³-hybridized carbons (Fsp3) is 0.438. The highest BCUT2D eigenvalue weighted by Crippen LogP contribution is 2.18. The lowest BCUT2D eigenvalue weighted by Crippen LogP contribution is -2.37. The largest absolute Gasteiger partial charge is 0.458 e. The summed E-state index contributed by atoms with van der Waals surface area (Å²) in [6.07, 6.45) is 3.74. The predicted octanol–water partition coefficient (Wildman–Crippen LogP) is 2.91. The second-order valence-corrected chi connectivity index (χ2v) is 6.30. The summed E-state index contributed by atoms with van der Waals surface area (Å²) in [5, 5.41) is 4.31. The van der Waals surface area contributed by atoms with Gasteiger partial charge >= 0.3 is 5.97 Å². The van der Waals surface area contributed by atoms with Crippen molar-refractivity contribution in [3.05, 3.63) is 46.4 Å². The van der Waals surface area contributed by atoms with Crippen LogP contribution in [0.3, 0.4) is 0 Å². The van der Waals surface area contributed by atoms with Crippen LogP contribution in [0.5, 0.6) is 0 Å². The standard InChI is InChI=1S/C16H20N2O2S/c1-17-7-2-3-15(17)16(19)20-14-4-8-18(9-5-14)11-13-6-10-21-12-13/h2-3,6-7,10,12,14H,4-5,8-9,11H2,1H3. The number of hydrogen-bond acceptors (Lipinski definition) is 4. The molecule has 3 heterocycles. The maximum atomic E-state index is 12.1. The third-order valence-corrected chi connectivity index (χ3v) is 4.68. The van der Waals surface area contributed by atoms with Gasteiger partial charge in [-0.15, -0.1) is 0 Å². The zero-order valence-electron chi connectivity index (χ0n) is 12.2. The highest BCUT2D eigenvalue weighted by Gasteiger charge is 2.23. The molecule has 0 saturated carbocycles. The minimum atomic E-state index is -0.209. The van der Waals surface area contributed by atoms with Gasteiger partial charge in [-0.25, -0.2) is 4.79 Å². The van der Waals surface area contributed by atoms with Crippen molar-refractivity contribution in [2.75, 3.05) is 13.1 Å². The summed E-state index contributed by atoms with van der Waals surface area (Å²) in [6, 6.07) is 5.83. The van der Waals surface area contributed by atoms with Crippen molar-refractivity contribution in [3.63, 3.8) is 0 Å². The summed E-state index contributed by atoms with van der Waals surface area (Å²) >= 11 is 1.74. The number of rotatable bonds is 4. The van der Waals surface area contributed by atoms with Gasteiger partial charge in [0.2, 0.25) is 0 Å². The van der Waals surface area contributed by atoms with E-state index >= 15 is 0 Å². The summed E-state index contributed by atoms with van der Waals surface area (Å²) in [5.41, 5.74) is 2.00. The molecule has 21 heavy (non-hydrogen) atoms. The second-order valence-electron chi connectivity index (χ2n) is 5.52. The molecule has 5 heteroatoms. The highest BCUT2D eigenvalue weighted by atomic mass is 32.1. The van der Waals surface area contributed by atoms with Gasteiger partial charge in [0.1, 0.15) is 11.8 Å². The van der Waals surface area contributed by atoms with E-state index < -0.39 is 0 Å². The predicted molar refractivity (Wildman–Crippen MR) is 83.4 cm³/mol. The van der Waals surface area contributed by atoms with Crippen molar-refractivity contribution in [2.24, 2.45) is 7.05 Å². The Morgan fingerprint density at radius 2 is 2.19 bits per heavy atom. The smallest absolute Gasteiger partial charge is 0.355 e. The molecule has 0 aromatic carbocycles. The number of piperidine rings is 1. The Morgan fingerprint density at radius 1 is 1.38 bits per heavy atom. The van der Waals surface area contributed by atoms with Crippen molar-refractivity contribution < 1.29 is 9.53 Å². The third kappa shape index (κ3) is 3.54. The molecule has 3 rings (SSSR count). The average molecular weight is 304 g/mol. The molecule has 0 spiro atoms. The van der Waals surface area contributed by atoms with Crippen LogP contribution in [0.4, 0.5) is 0 Å². The average Bonchev–Trinajstić information content (AvgIpc) is 3.12. The molecule has 0 bridgehead atoms. The highest BCUT2D eigenvalue weighted by molar-refractivity contribution is 7.07. The number of aryl methyl sites for hydroxylation is 1. The van der Waals surface area contributed by atoms with Gasteiger partial charge in [0.05, 0.1) is 0 Å². The maximum absolute atomic E-state index is 12.1. The Kier molecular flexibility index (Phi) is 4.41. The summed E-state index contributed by atoms with van der Waals surface area (Å²) in [4.78, 5) is 14.5. The van der Waals surface area contributed by atoms with E-state index in [-0.39, 0.29) is 12.1 Å². The molecule has 0 amide bonds. The molecule has 4 nitrogen and oxygen atoms in total. The number of hydrogen-bond donors (Lipinski definition) is 0. The molecule has 112 valence electrons. The molecule has 1 fully saturated rings. The molecule has 1 saturated heterocycles. The van der Waals surface area contributed by atoms with Gasteiger partial charge < -0.3 is 9.30 Å². The van der Waals surface area contributed by atoms with Crippen LogP contribution in [0.15, 0.2) is 35.2 Å². The quantitative estimate of drug-likeness (QED) is 0.815. The van der Waals surface area contributed by atoms with Crippen molar-refractivity contribution in [1.29, 1.82) is 0 Å². The number of carbonyl (C=O) groups excluding carboxylic acids is 1. The molecule has 0 radical (unpaired) electrons. The molecule has 2 aromatic rings. The summed E-state index contributed by atoms with van der Waals surface area (Å²) in [6.45, 7) is 2.98. The zero-order chi connectivity index (χ0) is 14.7. The van der Waals surface area contributed by atoms with Crippen LogP contribution in [-0.2, 0) is 18.3 Å². The van der Waals surface area contributed by atoms with Gasteiger partial charge in [-0.3, -0.25) is 4.90 Å². The van der Waals surface area contributed by atoms with E-state index in [0.717, 1.165) is 32.5 Å². The Hall–Kier alpha value is -1.59. The van der Waals surface area contributed by atoms with Crippen LogP contribution in [0.25, 0.3) is 0 Å². The van der Waals surface area contributed by atoms with Crippen LogP contribution in [0.2, 0.25) is 0 Å². The van der Waals surface area contributed by atoms with E-state index in [1.54, 1.807) is 22.0 Å². The van der Waals surface area contributed by atoms with Crippen LogP contribution in [0, 0.1) is 0 Å². The molecular weight excluding hydrogens is 284 g/mol. The van der Waals surface area contributed by atoms with Crippen LogP contribution in [0.1, 0.15) is 28.9 Å². The van der Waals surface area contributed by atoms with Gasteiger partial charge in [-0.05, 0) is 47.4 Å². The summed E-state index contributed by atoms with van der Waals surface area (Å²) in [7, 11) is 1.86. The Bertz CT molecular complexity index is 583. The Labute approximate surface area is 128 Å². The van der Waals surface area contributed by atoms with Gasteiger partial charge in [0.25, 0.3) is 0 Å². The van der Waals surface area contributed by atoms with Crippen molar-refractivity contribution >= 4 is 17.3 Å². The molecule has 0 atom stereocenters. The molecule has 2 aromatic heterocycles. The number of aromatic nitrogens is 1. The molecule has 1 aliphatic rings. The Balaban J connectivity index is 1.47. The SMILES string of the molecule is Cn1cccc1C(=O)OC1CCN(Cc2ccsc2)CC1. The minimum Gasteiger partial charge on any atom is -0.458 e. The lowest BCUT2D eigenvalue weighted by atomic mass is 10.1. The zero-order valence-corrected chi connectivity index (χ0v) is 13.0. The van der Waals surface area contributed by atoms with E-state index in [1.807, 2.05) is 19.3 Å². The van der Waals surface area contributed by atoms with Gasteiger partial charge in [0, 0.05) is 32.9 Å². The first-order valence-corrected chi connectivity index (χ1v) is 8.22. The maximum Gasteiger partial charge on any atom is 0.355 e. The molecule has 0 N–H and O–H groups in total. The lowest BCUT2D eigenvalue weighted by Gasteiger charge is -2.31. The van der Waals surface area contributed by atoms with Crippen molar-refractivity contribution in [2.45, 2.75) is 25.5 Å². The van der Waals surface area contributed by atoms with Crippen molar-refractivity contribution in [1.82, 2.24) is 9.47 Å². The normalized spacial score (nSPS) is 17.0. The van der Waals surface area contributed by atoms with Gasteiger partial charge in [0.15, 0.2) is 0 Å². The first-order valence-electron chi connectivity index (χ1n) is 7.28. The molecular formula is C16H20N2O2S. The monoisotopic (exact) mass is 304 g/mol. The fourth-order valence-corrected chi connectivity index (χ4v) is 3.37. The number of carbonyl (C=O) groups is 1. The van der Waals surface area contributed by atoms with E-state index in [1.165, 1.54) is 5.56 Å². The topological polar surface area (TPSA) is 34.5 Å². The minimum absolute atomic E-state index is 0.0473. The van der Waals surface area contributed by atoms with Crippen LogP contribution >= 0.6 is 11.3 Å².